The summed E-state index contributed by atoms with van der Waals surface area (Å²) in [6.45, 7) is 12.4. The SMILES string of the molecule is C/C(=C\c1ccc(COP2(=O)OCCO2)cc1)c1ccc2c(c1)C(C)(C)CCC2(C)C. The molecule has 2 aliphatic rings. The van der Waals surface area contributed by atoms with Crippen molar-refractivity contribution in [2.75, 3.05) is 13.2 Å². The van der Waals surface area contributed by atoms with Crippen molar-refractivity contribution in [2.45, 2.75) is 64.9 Å². The maximum absolute atomic E-state index is 12.1. The molecule has 4 rings (SSSR count). The molecule has 0 unspecified atom stereocenters. The van der Waals surface area contributed by atoms with Crippen LogP contribution in [-0.2, 0) is 35.6 Å². The van der Waals surface area contributed by atoms with Gasteiger partial charge in [0, 0.05) is 0 Å². The Morgan fingerprint density at radius 2 is 1.58 bits per heavy atom. The topological polar surface area (TPSA) is 44.8 Å². The van der Waals surface area contributed by atoms with Gasteiger partial charge in [-0.05, 0) is 64.0 Å². The Labute approximate surface area is 186 Å². The molecule has 31 heavy (non-hydrogen) atoms. The number of phosphoric ester groups is 1. The summed E-state index contributed by atoms with van der Waals surface area (Å²) in [5.41, 5.74) is 7.97. The fourth-order valence-corrected chi connectivity index (χ4v) is 5.57. The first-order chi connectivity index (χ1) is 14.6. The van der Waals surface area contributed by atoms with Gasteiger partial charge in [-0.1, -0.05) is 76.2 Å². The number of benzene rings is 2. The Morgan fingerprint density at radius 1 is 0.968 bits per heavy atom. The molecule has 166 valence electrons. The standard InChI is InChI=1S/C26H33O4P/c1-19(22-10-11-23-24(17-22)26(4,5)13-12-25(23,2)3)16-20-6-8-21(9-7-20)18-30-31(27)28-14-15-29-31/h6-11,16-17H,12-15,18H2,1-5H3/b19-16+. The molecule has 2 aromatic carbocycles. The second kappa shape index (κ2) is 8.33. The van der Waals surface area contributed by atoms with Crippen LogP contribution in [0.15, 0.2) is 42.5 Å². The van der Waals surface area contributed by atoms with Crippen LogP contribution in [0.4, 0.5) is 0 Å². The molecule has 1 fully saturated rings. The van der Waals surface area contributed by atoms with Gasteiger partial charge in [-0.25, -0.2) is 4.57 Å². The van der Waals surface area contributed by atoms with E-state index in [2.05, 4.69) is 71.0 Å². The number of phosphoric acid groups is 1. The van der Waals surface area contributed by atoms with Gasteiger partial charge in [-0.2, -0.15) is 0 Å². The molecule has 5 heteroatoms. The van der Waals surface area contributed by atoms with Gasteiger partial charge in [-0.15, -0.1) is 0 Å². The van der Waals surface area contributed by atoms with Crippen LogP contribution in [-0.4, -0.2) is 13.2 Å². The van der Waals surface area contributed by atoms with Crippen LogP contribution in [0.5, 0.6) is 0 Å². The zero-order valence-corrected chi connectivity index (χ0v) is 20.1. The fraction of sp³-hybridized carbons (Fsp3) is 0.462. The Bertz CT molecular complexity index is 1020. The van der Waals surface area contributed by atoms with Crippen LogP contribution in [0.2, 0.25) is 0 Å². The Balaban J connectivity index is 1.51. The van der Waals surface area contributed by atoms with Crippen molar-refractivity contribution in [2.24, 2.45) is 0 Å². The van der Waals surface area contributed by atoms with E-state index in [0.29, 0.717) is 13.2 Å². The zero-order valence-electron chi connectivity index (χ0n) is 19.2. The highest BCUT2D eigenvalue weighted by molar-refractivity contribution is 7.48. The number of hydrogen-bond acceptors (Lipinski definition) is 4. The fourth-order valence-electron chi connectivity index (χ4n) is 4.44. The summed E-state index contributed by atoms with van der Waals surface area (Å²) in [5, 5.41) is 0. The van der Waals surface area contributed by atoms with Gasteiger partial charge in [0.05, 0.1) is 19.8 Å². The molecule has 0 bridgehead atoms. The summed E-state index contributed by atoms with van der Waals surface area (Å²) < 4.78 is 27.5. The van der Waals surface area contributed by atoms with Gasteiger partial charge in [0.25, 0.3) is 0 Å². The van der Waals surface area contributed by atoms with Gasteiger partial charge in [0.15, 0.2) is 0 Å². The lowest BCUT2D eigenvalue weighted by Crippen LogP contribution is -2.33. The molecule has 0 N–H and O–H groups in total. The van der Waals surface area contributed by atoms with Crippen molar-refractivity contribution in [3.8, 4) is 0 Å². The molecule has 4 nitrogen and oxygen atoms in total. The third-order valence-corrected chi connectivity index (χ3v) is 8.09. The van der Waals surface area contributed by atoms with Crippen LogP contribution in [0.1, 0.15) is 75.3 Å². The minimum Gasteiger partial charge on any atom is -0.284 e. The molecule has 0 aromatic heterocycles. The minimum atomic E-state index is -3.35. The highest BCUT2D eigenvalue weighted by Crippen LogP contribution is 2.53. The van der Waals surface area contributed by atoms with E-state index in [1.54, 1.807) is 0 Å². The Kier molecular flexibility index (Phi) is 6.04. The lowest BCUT2D eigenvalue weighted by molar-refractivity contribution is 0.183. The van der Waals surface area contributed by atoms with Crippen LogP contribution in [0.3, 0.4) is 0 Å². The predicted octanol–water partition coefficient (Wildman–Crippen LogP) is 7.27. The Hall–Kier alpha value is -1.71. The molecule has 0 amide bonds. The minimum absolute atomic E-state index is 0.204. The van der Waals surface area contributed by atoms with Crippen molar-refractivity contribution in [3.63, 3.8) is 0 Å². The molecular weight excluding hydrogens is 407 g/mol. The molecule has 2 aromatic rings. The molecule has 0 atom stereocenters. The summed E-state index contributed by atoms with van der Waals surface area (Å²) in [4.78, 5) is 0. The molecular formula is C26H33O4P. The van der Waals surface area contributed by atoms with Crippen molar-refractivity contribution in [1.82, 2.24) is 0 Å². The van der Waals surface area contributed by atoms with Crippen LogP contribution < -0.4 is 0 Å². The van der Waals surface area contributed by atoms with E-state index in [-0.39, 0.29) is 17.4 Å². The molecule has 1 saturated heterocycles. The van der Waals surface area contributed by atoms with E-state index in [4.69, 9.17) is 13.6 Å². The van der Waals surface area contributed by atoms with E-state index in [9.17, 15) is 4.57 Å². The maximum Gasteiger partial charge on any atom is 0.475 e. The quantitative estimate of drug-likeness (QED) is 0.362. The first kappa shape index (κ1) is 22.5. The molecule has 1 aliphatic heterocycles. The van der Waals surface area contributed by atoms with Crippen molar-refractivity contribution < 1.29 is 18.1 Å². The first-order valence-electron chi connectivity index (χ1n) is 11.0. The molecule has 0 saturated carbocycles. The molecule has 1 heterocycles. The van der Waals surface area contributed by atoms with Gasteiger partial charge in [-0.3, -0.25) is 13.6 Å². The van der Waals surface area contributed by atoms with Gasteiger partial charge in [0.1, 0.15) is 0 Å². The van der Waals surface area contributed by atoms with E-state index in [1.807, 2.05) is 12.1 Å². The van der Waals surface area contributed by atoms with E-state index in [0.717, 1.165) is 11.1 Å². The smallest absolute Gasteiger partial charge is 0.284 e. The predicted molar refractivity (Wildman–Crippen MR) is 126 cm³/mol. The van der Waals surface area contributed by atoms with E-state index >= 15 is 0 Å². The van der Waals surface area contributed by atoms with Gasteiger partial charge in [0.2, 0.25) is 0 Å². The maximum atomic E-state index is 12.1. The van der Waals surface area contributed by atoms with Crippen LogP contribution in [0.25, 0.3) is 11.6 Å². The third kappa shape index (κ3) is 4.88. The summed E-state index contributed by atoms with van der Waals surface area (Å²) in [6.07, 6.45) is 4.65. The largest absolute Gasteiger partial charge is 0.475 e. The monoisotopic (exact) mass is 440 g/mol. The van der Waals surface area contributed by atoms with E-state index < -0.39 is 7.82 Å². The second-order valence-electron chi connectivity index (χ2n) is 9.98. The van der Waals surface area contributed by atoms with Crippen LogP contribution in [0, 0.1) is 0 Å². The molecule has 1 aliphatic carbocycles. The van der Waals surface area contributed by atoms with Crippen molar-refractivity contribution in [1.29, 1.82) is 0 Å². The lowest BCUT2D eigenvalue weighted by atomic mass is 9.63. The summed E-state index contributed by atoms with van der Waals surface area (Å²) in [5.74, 6) is 0. The normalized spacial score (nSPS) is 21.6. The summed E-state index contributed by atoms with van der Waals surface area (Å²) in [7, 11) is -3.35. The van der Waals surface area contributed by atoms with Gasteiger partial charge < -0.3 is 0 Å². The Morgan fingerprint density at radius 3 is 2.23 bits per heavy atom. The zero-order chi connectivity index (χ0) is 22.3. The number of fused-ring (bicyclic) bond motifs is 1. The van der Waals surface area contributed by atoms with E-state index in [1.165, 1.54) is 35.1 Å². The molecule has 0 radical (unpaired) electrons. The third-order valence-electron chi connectivity index (χ3n) is 6.64. The number of hydrogen-bond donors (Lipinski definition) is 0. The summed E-state index contributed by atoms with van der Waals surface area (Å²) >= 11 is 0. The second-order valence-corrected chi connectivity index (χ2v) is 11.7. The average molecular weight is 441 g/mol. The lowest BCUT2D eigenvalue weighted by Gasteiger charge is -2.42. The highest BCUT2D eigenvalue weighted by Gasteiger charge is 2.37. The van der Waals surface area contributed by atoms with Crippen molar-refractivity contribution >= 4 is 19.5 Å². The van der Waals surface area contributed by atoms with Gasteiger partial charge >= 0.3 is 7.82 Å². The first-order valence-corrected chi connectivity index (χ1v) is 12.5. The van der Waals surface area contributed by atoms with Crippen LogP contribution >= 0.6 is 7.82 Å². The number of allylic oxidation sites excluding steroid dienone is 1. The summed E-state index contributed by atoms with van der Waals surface area (Å²) in [6, 6.07) is 15.1. The number of rotatable bonds is 5. The van der Waals surface area contributed by atoms with Crippen molar-refractivity contribution in [3.05, 3.63) is 70.3 Å². The highest BCUT2D eigenvalue weighted by atomic mass is 31.2. The average Bonchev–Trinajstić information content (AvgIpc) is 3.17. The molecule has 0 spiro atoms.